The summed E-state index contributed by atoms with van der Waals surface area (Å²) in [5, 5.41) is 2.63. The molecule has 0 aliphatic carbocycles. The van der Waals surface area contributed by atoms with Crippen LogP contribution in [0.5, 0.6) is 5.75 Å². The third-order valence-electron chi connectivity index (χ3n) is 4.25. The fraction of sp³-hybridized carbons (Fsp3) is 0.500. The number of piperidine rings is 1. The number of carbonyl (C=O) groups is 2. The second-order valence-corrected chi connectivity index (χ2v) is 7.74. The van der Waals surface area contributed by atoms with Crippen molar-refractivity contribution in [3.63, 3.8) is 0 Å². The number of ether oxygens (including phenoxy) is 1. The van der Waals surface area contributed by atoms with Crippen LogP contribution in [-0.2, 0) is 14.8 Å². The molecule has 0 atom stereocenters. The van der Waals surface area contributed by atoms with Crippen LogP contribution in [0.25, 0.3) is 0 Å². The standard InChI is InChI=1S/C16H23N3O5S/c1-3-18-16(21)13-10-12(4-5-14(13)24-2)25(22,23)19-8-6-11(7-9-19)15(17)20/h4-5,10-11H,3,6-9H2,1-2H3,(H2,17,20)(H,18,21). The second-order valence-electron chi connectivity index (χ2n) is 5.80. The Morgan fingerprint density at radius 1 is 1.32 bits per heavy atom. The van der Waals surface area contributed by atoms with Gasteiger partial charge < -0.3 is 15.8 Å². The maximum atomic E-state index is 12.8. The van der Waals surface area contributed by atoms with Crippen molar-refractivity contribution in [2.24, 2.45) is 11.7 Å². The first-order chi connectivity index (χ1) is 11.8. The molecular weight excluding hydrogens is 346 g/mol. The quantitative estimate of drug-likeness (QED) is 0.749. The lowest BCUT2D eigenvalue weighted by Crippen LogP contribution is -2.41. The number of sulfonamides is 1. The molecule has 1 saturated heterocycles. The van der Waals surface area contributed by atoms with Crippen LogP contribution >= 0.6 is 0 Å². The van der Waals surface area contributed by atoms with E-state index in [0.717, 1.165) is 0 Å². The van der Waals surface area contributed by atoms with Gasteiger partial charge in [-0.25, -0.2) is 8.42 Å². The first-order valence-electron chi connectivity index (χ1n) is 8.07. The molecule has 2 amide bonds. The van der Waals surface area contributed by atoms with E-state index < -0.39 is 21.8 Å². The minimum absolute atomic E-state index is 0.0204. The van der Waals surface area contributed by atoms with Gasteiger partial charge in [-0.3, -0.25) is 9.59 Å². The molecule has 138 valence electrons. The van der Waals surface area contributed by atoms with E-state index in [4.69, 9.17) is 10.5 Å². The fourth-order valence-electron chi connectivity index (χ4n) is 2.81. The molecule has 25 heavy (non-hydrogen) atoms. The number of primary amides is 1. The predicted octanol–water partition coefficient (Wildman–Crippen LogP) is 0.331. The minimum Gasteiger partial charge on any atom is -0.496 e. The number of hydrogen-bond acceptors (Lipinski definition) is 5. The van der Waals surface area contributed by atoms with Crippen molar-refractivity contribution in [3.8, 4) is 5.75 Å². The van der Waals surface area contributed by atoms with E-state index in [-0.39, 0.29) is 29.5 Å². The van der Waals surface area contributed by atoms with Gasteiger partial charge in [0.1, 0.15) is 5.75 Å². The van der Waals surface area contributed by atoms with Gasteiger partial charge in [0.25, 0.3) is 5.91 Å². The van der Waals surface area contributed by atoms with Gasteiger partial charge >= 0.3 is 0 Å². The Bertz CT molecular complexity index is 755. The Kier molecular flexibility index (Phi) is 6.02. The summed E-state index contributed by atoms with van der Waals surface area (Å²) in [6, 6.07) is 4.20. The van der Waals surface area contributed by atoms with Gasteiger partial charge in [0.15, 0.2) is 0 Å². The van der Waals surface area contributed by atoms with Crippen molar-refractivity contribution < 1.29 is 22.7 Å². The van der Waals surface area contributed by atoms with Crippen LogP contribution in [0.4, 0.5) is 0 Å². The fourth-order valence-corrected chi connectivity index (χ4v) is 4.31. The predicted molar refractivity (Wildman–Crippen MR) is 91.7 cm³/mol. The van der Waals surface area contributed by atoms with Crippen LogP contribution in [-0.4, -0.2) is 51.3 Å². The van der Waals surface area contributed by atoms with E-state index in [2.05, 4.69) is 5.32 Å². The minimum atomic E-state index is -3.76. The first-order valence-corrected chi connectivity index (χ1v) is 9.51. The van der Waals surface area contributed by atoms with E-state index in [1.807, 2.05) is 0 Å². The third kappa shape index (κ3) is 4.10. The topological polar surface area (TPSA) is 119 Å². The monoisotopic (exact) mass is 369 g/mol. The zero-order chi connectivity index (χ0) is 18.6. The average molecular weight is 369 g/mol. The lowest BCUT2D eigenvalue weighted by atomic mass is 9.98. The number of carbonyl (C=O) groups excluding carboxylic acids is 2. The molecule has 0 saturated carbocycles. The molecule has 2 rings (SSSR count). The first kappa shape index (κ1) is 19.2. The molecule has 8 nitrogen and oxygen atoms in total. The lowest BCUT2D eigenvalue weighted by Gasteiger charge is -2.29. The van der Waals surface area contributed by atoms with Gasteiger partial charge in [-0.05, 0) is 38.0 Å². The van der Waals surface area contributed by atoms with Gasteiger partial charge in [0, 0.05) is 25.6 Å². The molecule has 0 bridgehead atoms. The maximum absolute atomic E-state index is 12.8. The van der Waals surface area contributed by atoms with Crippen LogP contribution < -0.4 is 15.8 Å². The Hall–Kier alpha value is -2.13. The zero-order valence-corrected chi connectivity index (χ0v) is 15.1. The molecule has 3 N–H and O–H groups in total. The molecule has 1 aliphatic heterocycles. The number of nitrogens with one attached hydrogen (secondary N) is 1. The number of methoxy groups -OCH3 is 1. The van der Waals surface area contributed by atoms with Crippen LogP contribution in [0, 0.1) is 5.92 Å². The van der Waals surface area contributed by atoms with Crippen LogP contribution in [0.2, 0.25) is 0 Å². The summed E-state index contributed by atoms with van der Waals surface area (Å²) in [5.41, 5.74) is 5.45. The van der Waals surface area contributed by atoms with E-state index in [1.165, 1.54) is 29.6 Å². The highest BCUT2D eigenvalue weighted by atomic mass is 32.2. The lowest BCUT2D eigenvalue weighted by molar-refractivity contribution is -0.122. The molecule has 1 heterocycles. The Morgan fingerprint density at radius 3 is 2.48 bits per heavy atom. The normalized spacial score (nSPS) is 16.4. The Labute approximate surface area is 147 Å². The second kappa shape index (κ2) is 7.83. The molecular formula is C16H23N3O5S. The Morgan fingerprint density at radius 2 is 1.96 bits per heavy atom. The smallest absolute Gasteiger partial charge is 0.255 e. The summed E-state index contributed by atoms with van der Waals surface area (Å²) in [6.07, 6.45) is 0.793. The van der Waals surface area contributed by atoms with Crippen molar-refractivity contribution in [3.05, 3.63) is 23.8 Å². The van der Waals surface area contributed by atoms with Gasteiger partial charge in [-0.1, -0.05) is 0 Å². The molecule has 0 radical (unpaired) electrons. The van der Waals surface area contributed by atoms with E-state index in [0.29, 0.717) is 25.1 Å². The number of nitrogens with two attached hydrogens (primary N) is 1. The highest BCUT2D eigenvalue weighted by Crippen LogP contribution is 2.27. The molecule has 0 unspecified atom stereocenters. The summed E-state index contributed by atoms with van der Waals surface area (Å²) in [7, 11) is -2.34. The van der Waals surface area contributed by atoms with E-state index in [1.54, 1.807) is 6.92 Å². The third-order valence-corrected chi connectivity index (χ3v) is 6.14. The van der Waals surface area contributed by atoms with Crippen molar-refractivity contribution in [1.82, 2.24) is 9.62 Å². The largest absolute Gasteiger partial charge is 0.496 e. The number of hydrogen-bond donors (Lipinski definition) is 2. The van der Waals surface area contributed by atoms with Crippen molar-refractivity contribution >= 4 is 21.8 Å². The van der Waals surface area contributed by atoms with E-state index >= 15 is 0 Å². The molecule has 0 aromatic heterocycles. The zero-order valence-electron chi connectivity index (χ0n) is 14.3. The highest BCUT2D eigenvalue weighted by Gasteiger charge is 2.32. The van der Waals surface area contributed by atoms with E-state index in [9.17, 15) is 18.0 Å². The summed E-state index contributed by atoms with van der Waals surface area (Å²) in [5.74, 6) is -0.797. The molecule has 0 spiro atoms. The van der Waals surface area contributed by atoms with Crippen LogP contribution in [0.3, 0.4) is 0 Å². The molecule has 1 aliphatic rings. The van der Waals surface area contributed by atoms with Crippen LogP contribution in [0.15, 0.2) is 23.1 Å². The van der Waals surface area contributed by atoms with Crippen molar-refractivity contribution in [1.29, 1.82) is 0 Å². The molecule has 9 heteroatoms. The van der Waals surface area contributed by atoms with Crippen molar-refractivity contribution in [2.45, 2.75) is 24.7 Å². The van der Waals surface area contributed by atoms with Gasteiger partial charge in [0.2, 0.25) is 15.9 Å². The molecule has 1 aromatic rings. The van der Waals surface area contributed by atoms with Gasteiger partial charge in [-0.15, -0.1) is 0 Å². The average Bonchev–Trinajstić information content (AvgIpc) is 2.61. The summed E-state index contributed by atoms with van der Waals surface area (Å²) < 4.78 is 32.1. The van der Waals surface area contributed by atoms with Gasteiger partial charge in [0.05, 0.1) is 17.6 Å². The summed E-state index contributed by atoms with van der Waals surface area (Å²) in [4.78, 5) is 23.4. The SMILES string of the molecule is CCNC(=O)c1cc(S(=O)(=O)N2CCC(C(N)=O)CC2)ccc1OC. The number of amides is 2. The number of benzene rings is 1. The van der Waals surface area contributed by atoms with Crippen molar-refractivity contribution in [2.75, 3.05) is 26.7 Å². The maximum Gasteiger partial charge on any atom is 0.255 e. The summed E-state index contributed by atoms with van der Waals surface area (Å²) in [6.45, 7) is 2.63. The summed E-state index contributed by atoms with van der Waals surface area (Å²) >= 11 is 0. The number of rotatable bonds is 6. The highest BCUT2D eigenvalue weighted by molar-refractivity contribution is 7.89. The van der Waals surface area contributed by atoms with Gasteiger partial charge in [-0.2, -0.15) is 4.31 Å². The number of nitrogens with zero attached hydrogens (tertiary/aromatic N) is 1. The van der Waals surface area contributed by atoms with Crippen LogP contribution in [0.1, 0.15) is 30.1 Å². The molecule has 1 aromatic carbocycles. The Balaban J connectivity index is 2.29. The molecule has 1 fully saturated rings.